The van der Waals surface area contributed by atoms with E-state index in [9.17, 15) is 4.79 Å². The van der Waals surface area contributed by atoms with Crippen LogP contribution < -0.4 is 5.73 Å². The first kappa shape index (κ1) is 18.0. The number of rotatable bonds is 3. The molecule has 17 heavy (non-hydrogen) atoms. The molecule has 0 bridgehead atoms. The van der Waals surface area contributed by atoms with Gasteiger partial charge in [-0.2, -0.15) is 5.26 Å². The lowest BCUT2D eigenvalue weighted by atomic mass is 10.1. The second kappa shape index (κ2) is 12.7. The fourth-order valence-electron chi connectivity index (χ4n) is 1.15. The number of hydrogen-bond acceptors (Lipinski definition) is 4. The van der Waals surface area contributed by atoms with Gasteiger partial charge in [-0.3, -0.25) is 4.89 Å². The molecule has 4 heteroatoms. The van der Waals surface area contributed by atoms with E-state index in [1.54, 1.807) is 12.1 Å². The standard InChI is InChI=1S/C10H12O3.C2H6.CH5N/c1-2-3-8-4-6-9(7-5-8)10(11)13-12;2*1-2/h4-7,12H,2-3H2,1H3;1-2H3;2H2,1H3. The highest BCUT2D eigenvalue weighted by atomic mass is 17.1. The molecule has 0 radical (unpaired) electrons. The number of hydrogen-bond donors (Lipinski definition) is 2. The van der Waals surface area contributed by atoms with Crippen LogP contribution in [0.4, 0.5) is 0 Å². The SMILES string of the molecule is CC.CCCc1ccc(C(=O)OO)cc1.CN. The molecule has 3 N–H and O–H groups in total. The number of aryl methyl sites for hydroxylation is 1. The minimum Gasteiger partial charge on any atom is -0.333 e. The van der Waals surface area contributed by atoms with Crippen LogP contribution in [0.5, 0.6) is 0 Å². The molecular weight excluding hydrogens is 218 g/mol. The summed E-state index contributed by atoms with van der Waals surface area (Å²) in [6.45, 7) is 6.09. The van der Waals surface area contributed by atoms with Gasteiger partial charge in [-0.1, -0.05) is 39.3 Å². The Bertz CT molecular complexity index is 283. The van der Waals surface area contributed by atoms with Crippen molar-refractivity contribution in [2.24, 2.45) is 5.73 Å². The van der Waals surface area contributed by atoms with Gasteiger partial charge in [0.15, 0.2) is 0 Å². The van der Waals surface area contributed by atoms with Crippen molar-refractivity contribution in [3.05, 3.63) is 35.4 Å². The van der Waals surface area contributed by atoms with Crippen molar-refractivity contribution in [1.29, 1.82) is 0 Å². The Morgan fingerprint density at radius 3 is 2.06 bits per heavy atom. The van der Waals surface area contributed by atoms with Crippen LogP contribution >= 0.6 is 0 Å². The molecule has 0 heterocycles. The van der Waals surface area contributed by atoms with Gasteiger partial charge in [0.1, 0.15) is 0 Å². The van der Waals surface area contributed by atoms with Crippen molar-refractivity contribution in [1.82, 2.24) is 0 Å². The average Bonchev–Trinajstić information content (AvgIpc) is 2.43. The maximum atomic E-state index is 10.8. The van der Waals surface area contributed by atoms with Gasteiger partial charge in [-0.25, -0.2) is 4.79 Å². The molecule has 0 aliphatic heterocycles. The van der Waals surface area contributed by atoms with E-state index in [1.807, 2.05) is 26.0 Å². The number of nitrogens with two attached hydrogens (primary N) is 1. The second-order valence-corrected chi connectivity index (χ2v) is 2.83. The summed E-state index contributed by atoms with van der Waals surface area (Å²) in [6.07, 6.45) is 2.07. The van der Waals surface area contributed by atoms with E-state index < -0.39 is 5.97 Å². The Labute approximate surface area is 103 Å². The molecule has 0 aromatic heterocycles. The van der Waals surface area contributed by atoms with Crippen LogP contribution in [-0.2, 0) is 11.3 Å². The first-order valence-corrected chi connectivity index (χ1v) is 5.80. The van der Waals surface area contributed by atoms with Crippen LogP contribution in [0.1, 0.15) is 43.1 Å². The highest BCUT2D eigenvalue weighted by Gasteiger charge is 2.05. The molecule has 1 aromatic carbocycles. The van der Waals surface area contributed by atoms with Gasteiger partial charge in [-0.15, -0.1) is 0 Å². The Balaban J connectivity index is 0. The van der Waals surface area contributed by atoms with Crippen molar-refractivity contribution < 1.29 is 14.9 Å². The van der Waals surface area contributed by atoms with Crippen LogP contribution in [0.2, 0.25) is 0 Å². The quantitative estimate of drug-likeness (QED) is 0.630. The molecule has 1 aromatic rings. The lowest BCUT2D eigenvalue weighted by Crippen LogP contribution is -2.01. The number of benzene rings is 1. The zero-order valence-corrected chi connectivity index (χ0v) is 11.1. The van der Waals surface area contributed by atoms with Crippen LogP contribution in [0.25, 0.3) is 0 Å². The molecule has 0 spiro atoms. The zero-order valence-electron chi connectivity index (χ0n) is 11.1. The number of carbonyl (C=O) groups is 1. The summed E-state index contributed by atoms with van der Waals surface area (Å²) in [4.78, 5) is 14.4. The Morgan fingerprint density at radius 1 is 1.24 bits per heavy atom. The summed E-state index contributed by atoms with van der Waals surface area (Å²) in [5.41, 5.74) is 6.04. The van der Waals surface area contributed by atoms with Crippen LogP contribution in [0.15, 0.2) is 24.3 Å². The van der Waals surface area contributed by atoms with Crippen molar-refractivity contribution in [2.45, 2.75) is 33.6 Å². The molecular formula is C13H23NO3. The lowest BCUT2D eigenvalue weighted by Gasteiger charge is -1.99. The van der Waals surface area contributed by atoms with E-state index in [0.29, 0.717) is 5.56 Å². The van der Waals surface area contributed by atoms with E-state index in [0.717, 1.165) is 12.8 Å². The molecule has 0 amide bonds. The molecule has 98 valence electrons. The molecule has 0 saturated carbocycles. The molecule has 0 unspecified atom stereocenters. The monoisotopic (exact) mass is 241 g/mol. The lowest BCUT2D eigenvalue weighted by molar-refractivity contribution is -0.182. The third-order valence-electron chi connectivity index (χ3n) is 1.81. The van der Waals surface area contributed by atoms with Crippen LogP contribution in [0.3, 0.4) is 0 Å². The van der Waals surface area contributed by atoms with E-state index in [2.05, 4.69) is 17.5 Å². The highest BCUT2D eigenvalue weighted by molar-refractivity contribution is 5.88. The normalized spacial score (nSPS) is 8.12. The first-order valence-electron chi connectivity index (χ1n) is 5.80. The summed E-state index contributed by atoms with van der Waals surface area (Å²) in [5.74, 6) is -0.719. The summed E-state index contributed by atoms with van der Waals surface area (Å²) < 4.78 is 0. The third kappa shape index (κ3) is 7.49. The molecule has 0 aliphatic carbocycles. The molecule has 0 fully saturated rings. The summed E-state index contributed by atoms with van der Waals surface area (Å²) in [6, 6.07) is 7.00. The minimum absolute atomic E-state index is 0.363. The fraction of sp³-hybridized carbons (Fsp3) is 0.462. The van der Waals surface area contributed by atoms with Crippen LogP contribution in [0, 0.1) is 0 Å². The zero-order chi connectivity index (χ0) is 13.7. The summed E-state index contributed by atoms with van der Waals surface area (Å²) >= 11 is 0. The molecule has 0 saturated heterocycles. The summed E-state index contributed by atoms with van der Waals surface area (Å²) in [5, 5.41) is 8.11. The van der Waals surface area contributed by atoms with Crippen molar-refractivity contribution in [2.75, 3.05) is 7.05 Å². The average molecular weight is 241 g/mol. The predicted molar refractivity (Wildman–Crippen MR) is 69.9 cm³/mol. The predicted octanol–water partition coefficient (Wildman–Crippen LogP) is 2.87. The Hall–Kier alpha value is -1.39. The van der Waals surface area contributed by atoms with Gasteiger partial charge in [0.2, 0.25) is 0 Å². The topological polar surface area (TPSA) is 72.5 Å². The van der Waals surface area contributed by atoms with Gasteiger partial charge in [-0.05, 0) is 31.2 Å². The highest BCUT2D eigenvalue weighted by Crippen LogP contribution is 2.07. The van der Waals surface area contributed by atoms with Gasteiger partial charge >= 0.3 is 5.97 Å². The number of carbonyl (C=O) groups excluding carboxylic acids is 1. The van der Waals surface area contributed by atoms with E-state index >= 15 is 0 Å². The van der Waals surface area contributed by atoms with Gasteiger partial charge < -0.3 is 5.73 Å². The van der Waals surface area contributed by atoms with Crippen molar-refractivity contribution in [3.8, 4) is 0 Å². The maximum absolute atomic E-state index is 10.8. The molecule has 0 atom stereocenters. The van der Waals surface area contributed by atoms with Gasteiger partial charge in [0.05, 0.1) is 5.56 Å². The van der Waals surface area contributed by atoms with Gasteiger partial charge in [0.25, 0.3) is 0 Å². The molecule has 0 aliphatic rings. The maximum Gasteiger partial charge on any atom is 0.372 e. The van der Waals surface area contributed by atoms with Gasteiger partial charge in [0, 0.05) is 0 Å². The largest absolute Gasteiger partial charge is 0.372 e. The Kier molecular flexibility index (Phi) is 13.4. The van der Waals surface area contributed by atoms with Crippen molar-refractivity contribution in [3.63, 3.8) is 0 Å². The Morgan fingerprint density at radius 2 is 1.71 bits per heavy atom. The van der Waals surface area contributed by atoms with E-state index in [1.165, 1.54) is 12.6 Å². The minimum atomic E-state index is -0.719. The van der Waals surface area contributed by atoms with E-state index in [4.69, 9.17) is 5.26 Å². The molecule has 4 nitrogen and oxygen atoms in total. The fourth-order valence-corrected chi connectivity index (χ4v) is 1.15. The molecule has 1 rings (SSSR count). The first-order chi connectivity index (χ1) is 8.27. The van der Waals surface area contributed by atoms with Crippen molar-refractivity contribution >= 4 is 5.97 Å². The van der Waals surface area contributed by atoms with Crippen LogP contribution in [-0.4, -0.2) is 18.3 Å². The second-order valence-electron chi connectivity index (χ2n) is 2.83. The smallest absolute Gasteiger partial charge is 0.333 e. The summed E-state index contributed by atoms with van der Waals surface area (Å²) in [7, 11) is 1.50. The van der Waals surface area contributed by atoms with E-state index in [-0.39, 0.29) is 0 Å². The third-order valence-corrected chi connectivity index (χ3v) is 1.81.